The number of carbonyl (C=O) groups excluding carboxylic acids is 1. The molecule has 0 radical (unpaired) electrons. The molecule has 1 amide bonds. The van der Waals surface area contributed by atoms with E-state index in [9.17, 15) is 9.90 Å². The molecule has 0 bridgehead atoms. The summed E-state index contributed by atoms with van der Waals surface area (Å²) in [7, 11) is 0. The number of benzene rings is 1. The van der Waals surface area contributed by atoms with Crippen LogP contribution in [0.2, 0.25) is 10.0 Å². The smallest absolute Gasteiger partial charge is 0.224 e. The van der Waals surface area contributed by atoms with Crippen molar-refractivity contribution in [2.75, 3.05) is 6.54 Å². The molecule has 1 aromatic carbocycles. The highest BCUT2D eigenvalue weighted by molar-refractivity contribution is 6.36. The maximum atomic E-state index is 11.7. The van der Waals surface area contributed by atoms with Gasteiger partial charge in [-0.1, -0.05) is 42.6 Å². The Hall–Kier alpha value is -0.770. The Bertz CT molecular complexity index is 390. The predicted octanol–water partition coefficient (Wildman–Crippen LogP) is 2.81. The summed E-state index contributed by atoms with van der Waals surface area (Å²) in [6.07, 6.45) is 1.18. The maximum Gasteiger partial charge on any atom is 0.224 e. The molecule has 3 nitrogen and oxygen atoms in total. The molecule has 5 heteroatoms. The van der Waals surface area contributed by atoms with Crippen molar-refractivity contribution in [3.63, 3.8) is 0 Å². The molecule has 1 aromatic rings. The highest BCUT2D eigenvalue weighted by Crippen LogP contribution is 2.24. The molecule has 1 atom stereocenters. The zero-order valence-electron chi connectivity index (χ0n) is 10.2. The van der Waals surface area contributed by atoms with E-state index in [0.717, 1.165) is 6.42 Å². The van der Waals surface area contributed by atoms with E-state index < -0.39 is 6.10 Å². The number of aliphatic hydroxyl groups excluding tert-OH is 1. The fraction of sp³-hybridized carbons (Fsp3) is 0.462. The van der Waals surface area contributed by atoms with E-state index in [1.807, 2.05) is 6.92 Å². The Labute approximate surface area is 117 Å². The van der Waals surface area contributed by atoms with Crippen LogP contribution in [0, 0.1) is 0 Å². The van der Waals surface area contributed by atoms with E-state index in [4.69, 9.17) is 23.2 Å². The molecule has 0 aliphatic rings. The quantitative estimate of drug-likeness (QED) is 0.846. The monoisotopic (exact) mass is 289 g/mol. The van der Waals surface area contributed by atoms with Gasteiger partial charge in [-0.25, -0.2) is 0 Å². The number of halogens is 2. The molecule has 100 valence electrons. The molecule has 0 aliphatic heterocycles. The summed E-state index contributed by atoms with van der Waals surface area (Å²) in [5.41, 5.74) is 0.614. The predicted molar refractivity (Wildman–Crippen MR) is 74.1 cm³/mol. The first-order valence-electron chi connectivity index (χ1n) is 5.92. The van der Waals surface area contributed by atoms with Gasteiger partial charge in [-0.2, -0.15) is 0 Å². The third kappa shape index (κ3) is 4.84. The highest BCUT2D eigenvalue weighted by Gasteiger charge is 2.11. The standard InChI is InChI=1S/C13H17Cl2NO2/c1-2-4-9(17)8-16-13(18)7-10-11(14)5-3-6-12(10)15/h3,5-6,9,17H,2,4,7-8H2,1H3,(H,16,18). The molecule has 0 saturated carbocycles. The minimum atomic E-state index is -0.499. The van der Waals surface area contributed by atoms with Crippen LogP contribution >= 0.6 is 23.2 Å². The third-order valence-corrected chi connectivity index (χ3v) is 3.26. The molecule has 18 heavy (non-hydrogen) atoms. The average molecular weight is 290 g/mol. The summed E-state index contributed by atoms with van der Waals surface area (Å²) in [5.74, 6) is -0.194. The second-order valence-electron chi connectivity index (χ2n) is 4.12. The second kappa shape index (κ2) is 7.62. The molecular formula is C13H17Cl2NO2. The maximum absolute atomic E-state index is 11.7. The van der Waals surface area contributed by atoms with Gasteiger partial charge >= 0.3 is 0 Å². The van der Waals surface area contributed by atoms with Crippen LogP contribution in [0.1, 0.15) is 25.3 Å². The molecule has 0 aliphatic carbocycles. The Kier molecular flexibility index (Phi) is 6.47. The van der Waals surface area contributed by atoms with E-state index in [-0.39, 0.29) is 18.9 Å². The fourth-order valence-corrected chi connectivity index (χ4v) is 2.12. The minimum absolute atomic E-state index is 0.122. The van der Waals surface area contributed by atoms with Crippen LogP contribution in [0.4, 0.5) is 0 Å². The van der Waals surface area contributed by atoms with Gasteiger partial charge in [-0.05, 0) is 24.1 Å². The molecule has 0 saturated heterocycles. The largest absolute Gasteiger partial charge is 0.391 e. The van der Waals surface area contributed by atoms with Gasteiger partial charge in [0.25, 0.3) is 0 Å². The van der Waals surface area contributed by atoms with E-state index in [0.29, 0.717) is 22.0 Å². The van der Waals surface area contributed by atoms with Crippen LogP contribution in [0.25, 0.3) is 0 Å². The molecule has 0 heterocycles. The topological polar surface area (TPSA) is 49.3 Å². The Balaban J connectivity index is 2.50. The van der Waals surface area contributed by atoms with Gasteiger partial charge in [-0.15, -0.1) is 0 Å². The first kappa shape index (κ1) is 15.3. The number of hydrogen-bond donors (Lipinski definition) is 2. The summed E-state index contributed by atoms with van der Waals surface area (Å²) >= 11 is 11.9. The zero-order valence-corrected chi connectivity index (χ0v) is 11.8. The normalized spacial score (nSPS) is 12.2. The van der Waals surface area contributed by atoms with Gasteiger partial charge in [0.1, 0.15) is 0 Å². The number of rotatable bonds is 6. The van der Waals surface area contributed by atoms with Gasteiger partial charge in [0, 0.05) is 16.6 Å². The van der Waals surface area contributed by atoms with E-state index in [1.165, 1.54) is 0 Å². The summed E-state index contributed by atoms with van der Waals surface area (Å²) in [6, 6.07) is 5.13. The van der Waals surface area contributed by atoms with Crippen LogP contribution in [0.3, 0.4) is 0 Å². The van der Waals surface area contributed by atoms with Gasteiger partial charge in [-0.3, -0.25) is 4.79 Å². The molecular weight excluding hydrogens is 273 g/mol. The highest BCUT2D eigenvalue weighted by atomic mass is 35.5. The van der Waals surface area contributed by atoms with Crippen LogP contribution < -0.4 is 5.32 Å². The minimum Gasteiger partial charge on any atom is -0.391 e. The van der Waals surface area contributed by atoms with Gasteiger partial charge in [0.15, 0.2) is 0 Å². The van der Waals surface area contributed by atoms with Crippen LogP contribution in [-0.2, 0) is 11.2 Å². The van der Waals surface area contributed by atoms with Crippen LogP contribution in [0.5, 0.6) is 0 Å². The van der Waals surface area contributed by atoms with Crippen molar-refractivity contribution in [3.8, 4) is 0 Å². The van der Waals surface area contributed by atoms with Crippen molar-refractivity contribution in [3.05, 3.63) is 33.8 Å². The summed E-state index contributed by atoms with van der Waals surface area (Å²) in [5, 5.41) is 13.1. The number of amides is 1. The summed E-state index contributed by atoms with van der Waals surface area (Å²) < 4.78 is 0. The number of carbonyl (C=O) groups is 1. The van der Waals surface area contributed by atoms with E-state index in [1.54, 1.807) is 18.2 Å². The lowest BCUT2D eigenvalue weighted by atomic mass is 10.1. The second-order valence-corrected chi connectivity index (χ2v) is 4.94. The Morgan fingerprint density at radius 2 is 2.00 bits per heavy atom. The van der Waals surface area contributed by atoms with Crippen molar-refractivity contribution < 1.29 is 9.90 Å². The first-order chi connectivity index (χ1) is 8.54. The Morgan fingerprint density at radius 3 is 2.56 bits per heavy atom. The number of hydrogen-bond acceptors (Lipinski definition) is 2. The molecule has 0 fully saturated rings. The lowest BCUT2D eigenvalue weighted by Gasteiger charge is -2.11. The van der Waals surface area contributed by atoms with Crippen molar-refractivity contribution >= 4 is 29.1 Å². The molecule has 1 rings (SSSR count). The fourth-order valence-electron chi connectivity index (χ4n) is 1.59. The third-order valence-electron chi connectivity index (χ3n) is 2.56. The number of nitrogens with one attached hydrogen (secondary N) is 1. The van der Waals surface area contributed by atoms with Crippen molar-refractivity contribution in [1.29, 1.82) is 0 Å². The van der Waals surface area contributed by atoms with Crippen molar-refractivity contribution in [2.24, 2.45) is 0 Å². The van der Waals surface area contributed by atoms with Crippen LogP contribution in [0.15, 0.2) is 18.2 Å². The summed E-state index contributed by atoms with van der Waals surface area (Å²) in [6.45, 7) is 2.24. The lowest BCUT2D eigenvalue weighted by molar-refractivity contribution is -0.120. The van der Waals surface area contributed by atoms with E-state index in [2.05, 4.69) is 5.32 Å². The molecule has 2 N–H and O–H groups in total. The van der Waals surface area contributed by atoms with Crippen LogP contribution in [-0.4, -0.2) is 23.7 Å². The average Bonchev–Trinajstić information content (AvgIpc) is 2.32. The molecule has 0 aromatic heterocycles. The SMILES string of the molecule is CCCC(O)CNC(=O)Cc1c(Cl)cccc1Cl. The van der Waals surface area contributed by atoms with Crippen molar-refractivity contribution in [2.45, 2.75) is 32.3 Å². The first-order valence-corrected chi connectivity index (χ1v) is 6.67. The zero-order chi connectivity index (χ0) is 13.5. The van der Waals surface area contributed by atoms with Crippen molar-refractivity contribution in [1.82, 2.24) is 5.32 Å². The van der Waals surface area contributed by atoms with E-state index >= 15 is 0 Å². The number of aliphatic hydroxyl groups is 1. The van der Waals surface area contributed by atoms with Gasteiger partial charge in [0.05, 0.1) is 12.5 Å². The van der Waals surface area contributed by atoms with Gasteiger partial charge < -0.3 is 10.4 Å². The lowest BCUT2D eigenvalue weighted by Crippen LogP contribution is -2.33. The summed E-state index contributed by atoms with van der Waals surface area (Å²) in [4.78, 5) is 11.7. The molecule has 0 spiro atoms. The Morgan fingerprint density at radius 1 is 1.39 bits per heavy atom. The van der Waals surface area contributed by atoms with Gasteiger partial charge in [0.2, 0.25) is 5.91 Å². The molecule has 1 unspecified atom stereocenters.